The minimum atomic E-state index is -0.737. The van der Waals surface area contributed by atoms with E-state index in [1.807, 2.05) is 12.1 Å². The highest BCUT2D eigenvalue weighted by Gasteiger charge is 2.15. The molecule has 0 saturated carbocycles. The van der Waals surface area contributed by atoms with Gasteiger partial charge in [0.25, 0.3) is 5.56 Å². The number of carbonyl (C=O) groups is 1. The van der Waals surface area contributed by atoms with Crippen LogP contribution in [0.5, 0.6) is 0 Å². The van der Waals surface area contributed by atoms with Crippen molar-refractivity contribution in [1.82, 2.24) is 9.13 Å². The molecule has 6 heteroatoms. The van der Waals surface area contributed by atoms with Crippen LogP contribution in [0.1, 0.15) is 48.2 Å². The Balaban J connectivity index is 2.40. The number of rotatable bonds is 5. The Morgan fingerprint density at radius 2 is 1.83 bits per heavy atom. The molecule has 0 bridgehead atoms. The van der Waals surface area contributed by atoms with Gasteiger partial charge in [-0.1, -0.05) is 38.1 Å². The molecule has 0 spiro atoms. The number of hydrogen-bond donors (Lipinski definition) is 0. The van der Waals surface area contributed by atoms with Crippen LogP contribution >= 0.6 is 0 Å². The third-order valence-corrected chi connectivity index (χ3v) is 3.90. The van der Waals surface area contributed by atoms with Crippen molar-refractivity contribution >= 4 is 5.78 Å². The van der Waals surface area contributed by atoms with E-state index in [1.54, 1.807) is 25.1 Å². The van der Waals surface area contributed by atoms with Gasteiger partial charge in [0, 0.05) is 18.3 Å². The van der Waals surface area contributed by atoms with Crippen LogP contribution < -0.4 is 11.2 Å². The maximum absolute atomic E-state index is 12.4. The summed E-state index contributed by atoms with van der Waals surface area (Å²) in [5.74, 6) is 0.00286. The van der Waals surface area contributed by atoms with E-state index in [0.29, 0.717) is 18.0 Å². The Morgan fingerprint density at radius 1 is 1.21 bits per heavy atom. The normalized spacial score (nSPS) is 10.6. The summed E-state index contributed by atoms with van der Waals surface area (Å²) >= 11 is 0. The summed E-state index contributed by atoms with van der Waals surface area (Å²) in [6.45, 7) is 5.76. The molecular formula is C18H19N3O3. The molecule has 0 unspecified atom stereocenters. The molecule has 2 rings (SSSR count). The van der Waals surface area contributed by atoms with Gasteiger partial charge in [0.15, 0.2) is 5.78 Å². The molecule has 0 saturated heterocycles. The highest BCUT2D eigenvalue weighted by atomic mass is 16.2. The number of aryl methyl sites for hydroxylation is 1. The molecule has 1 aromatic carbocycles. The zero-order valence-corrected chi connectivity index (χ0v) is 13.9. The Labute approximate surface area is 139 Å². The Morgan fingerprint density at radius 3 is 2.33 bits per heavy atom. The van der Waals surface area contributed by atoms with Gasteiger partial charge in [0.05, 0.1) is 6.54 Å². The molecule has 0 atom stereocenters. The van der Waals surface area contributed by atoms with Gasteiger partial charge in [-0.15, -0.1) is 0 Å². The van der Waals surface area contributed by atoms with Gasteiger partial charge in [-0.2, -0.15) is 5.26 Å². The molecule has 0 N–H and O–H groups in total. The zero-order chi connectivity index (χ0) is 17.9. The smallest absolute Gasteiger partial charge is 0.299 e. The van der Waals surface area contributed by atoms with Gasteiger partial charge in [-0.3, -0.25) is 18.7 Å². The summed E-state index contributed by atoms with van der Waals surface area (Å²) in [7, 11) is 0. The first-order chi connectivity index (χ1) is 11.4. The number of nitriles is 1. The maximum atomic E-state index is 12.4. The fourth-order valence-electron chi connectivity index (χ4n) is 2.39. The van der Waals surface area contributed by atoms with E-state index >= 15 is 0 Å². The average Bonchev–Trinajstić information content (AvgIpc) is 2.58. The third kappa shape index (κ3) is 3.35. The number of carbonyl (C=O) groups excluding carboxylic acids is 1. The number of aromatic nitrogens is 2. The lowest BCUT2D eigenvalue weighted by Crippen LogP contribution is -2.42. The number of Topliss-reactive ketones (excluding diaryl/α,β-unsaturated/α-hetero) is 1. The number of benzene rings is 1. The second-order valence-electron chi connectivity index (χ2n) is 5.81. The summed E-state index contributed by atoms with van der Waals surface area (Å²) in [4.78, 5) is 36.8. The molecule has 0 aliphatic rings. The fraction of sp³-hybridized carbons (Fsp3) is 0.333. The summed E-state index contributed by atoms with van der Waals surface area (Å²) in [5, 5.41) is 9.02. The largest absolute Gasteiger partial charge is 0.331 e. The first-order valence-corrected chi connectivity index (χ1v) is 7.76. The molecule has 2 aromatic rings. The van der Waals surface area contributed by atoms with Gasteiger partial charge in [0.1, 0.15) is 11.6 Å². The lowest BCUT2D eigenvalue weighted by atomic mass is 10.0. The summed E-state index contributed by atoms with van der Waals surface area (Å²) < 4.78 is 2.07. The van der Waals surface area contributed by atoms with Crippen molar-refractivity contribution in [3.05, 3.63) is 68.0 Å². The topological polar surface area (TPSA) is 84.9 Å². The van der Waals surface area contributed by atoms with Crippen LogP contribution in [-0.2, 0) is 13.1 Å². The molecule has 124 valence electrons. The molecule has 1 aromatic heterocycles. The van der Waals surface area contributed by atoms with E-state index in [1.165, 1.54) is 10.8 Å². The van der Waals surface area contributed by atoms with Crippen LogP contribution in [-0.4, -0.2) is 14.9 Å². The van der Waals surface area contributed by atoms with Crippen LogP contribution in [0.15, 0.2) is 40.1 Å². The van der Waals surface area contributed by atoms with Gasteiger partial charge >= 0.3 is 5.69 Å². The van der Waals surface area contributed by atoms with Crippen molar-refractivity contribution < 1.29 is 4.79 Å². The quantitative estimate of drug-likeness (QED) is 0.786. The molecular weight excluding hydrogens is 306 g/mol. The molecule has 0 amide bonds. The Hall–Kier alpha value is -2.94. The van der Waals surface area contributed by atoms with Crippen molar-refractivity contribution in [3.8, 4) is 6.07 Å². The van der Waals surface area contributed by atoms with E-state index in [-0.39, 0.29) is 17.9 Å². The SMILES string of the molecule is CCn1cc(C#N)c(=O)n(CC(=O)c2ccc(C(C)C)cc2)c1=O. The Kier molecular flexibility index (Phi) is 5.14. The molecule has 0 aliphatic heterocycles. The van der Waals surface area contributed by atoms with E-state index in [9.17, 15) is 14.4 Å². The number of nitrogens with zero attached hydrogens (tertiary/aromatic N) is 3. The average molecular weight is 325 g/mol. The van der Waals surface area contributed by atoms with Crippen LogP contribution in [0.4, 0.5) is 0 Å². The van der Waals surface area contributed by atoms with Gasteiger partial charge in [-0.05, 0) is 18.4 Å². The van der Waals surface area contributed by atoms with Crippen LogP contribution in [0.3, 0.4) is 0 Å². The number of hydrogen-bond acceptors (Lipinski definition) is 4. The fourth-order valence-corrected chi connectivity index (χ4v) is 2.39. The minimum Gasteiger partial charge on any atom is -0.299 e. The van der Waals surface area contributed by atoms with Gasteiger partial charge in [0.2, 0.25) is 0 Å². The molecule has 1 heterocycles. The van der Waals surface area contributed by atoms with Crippen molar-refractivity contribution in [3.63, 3.8) is 0 Å². The van der Waals surface area contributed by atoms with Crippen molar-refractivity contribution in [2.24, 2.45) is 0 Å². The van der Waals surface area contributed by atoms with E-state index < -0.39 is 11.2 Å². The first-order valence-electron chi connectivity index (χ1n) is 7.76. The summed E-state index contributed by atoms with van der Waals surface area (Å²) in [6.07, 6.45) is 1.23. The molecule has 0 aliphatic carbocycles. The molecule has 0 radical (unpaired) electrons. The highest BCUT2D eigenvalue weighted by Crippen LogP contribution is 2.15. The van der Waals surface area contributed by atoms with Crippen molar-refractivity contribution in [2.75, 3.05) is 0 Å². The summed E-state index contributed by atoms with van der Waals surface area (Å²) in [5.41, 5.74) is 0.0482. The third-order valence-electron chi connectivity index (χ3n) is 3.90. The standard InChI is InChI=1S/C18H19N3O3/c1-4-20-10-15(9-19)17(23)21(18(20)24)11-16(22)14-7-5-13(6-8-14)12(2)3/h5-8,10,12H,4,11H2,1-3H3. The van der Waals surface area contributed by atoms with E-state index in [0.717, 1.165) is 10.1 Å². The van der Waals surface area contributed by atoms with E-state index in [4.69, 9.17) is 5.26 Å². The Bertz CT molecular complexity index is 912. The predicted molar refractivity (Wildman–Crippen MR) is 90.2 cm³/mol. The van der Waals surface area contributed by atoms with Crippen LogP contribution in [0.2, 0.25) is 0 Å². The monoisotopic (exact) mass is 325 g/mol. The first kappa shape index (κ1) is 17.4. The lowest BCUT2D eigenvalue weighted by molar-refractivity contribution is 0.0968. The maximum Gasteiger partial charge on any atom is 0.331 e. The highest BCUT2D eigenvalue weighted by molar-refractivity contribution is 5.95. The van der Waals surface area contributed by atoms with Crippen LogP contribution in [0.25, 0.3) is 0 Å². The lowest BCUT2D eigenvalue weighted by Gasteiger charge is -2.10. The van der Waals surface area contributed by atoms with Crippen molar-refractivity contribution in [1.29, 1.82) is 5.26 Å². The molecule has 0 fully saturated rings. The molecule has 24 heavy (non-hydrogen) atoms. The minimum absolute atomic E-state index is 0.153. The van der Waals surface area contributed by atoms with Crippen molar-refractivity contribution in [2.45, 2.75) is 39.8 Å². The zero-order valence-electron chi connectivity index (χ0n) is 13.9. The van der Waals surface area contributed by atoms with Crippen LogP contribution in [0, 0.1) is 11.3 Å². The number of ketones is 1. The predicted octanol–water partition coefficient (Wildman–Crippen LogP) is 1.91. The van der Waals surface area contributed by atoms with Gasteiger partial charge in [-0.25, -0.2) is 4.79 Å². The van der Waals surface area contributed by atoms with E-state index in [2.05, 4.69) is 13.8 Å². The summed E-state index contributed by atoms with van der Waals surface area (Å²) in [6, 6.07) is 8.86. The second-order valence-corrected chi connectivity index (χ2v) is 5.81. The second kappa shape index (κ2) is 7.09. The van der Waals surface area contributed by atoms with Gasteiger partial charge < -0.3 is 0 Å². The molecule has 6 nitrogen and oxygen atoms in total.